The summed E-state index contributed by atoms with van der Waals surface area (Å²) in [6.07, 6.45) is 1.71. The minimum Gasteiger partial charge on any atom is -0.490 e. The van der Waals surface area contributed by atoms with Gasteiger partial charge in [-0.2, -0.15) is 0 Å². The third-order valence-electron chi connectivity index (χ3n) is 2.90. The topological polar surface area (TPSA) is 76.1 Å². The molecule has 0 spiro atoms. The smallest absolute Gasteiger partial charge is 0.341 e. The van der Waals surface area contributed by atoms with E-state index in [-0.39, 0.29) is 5.91 Å². The summed E-state index contributed by atoms with van der Waals surface area (Å²) in [6.45, 7) is 1.77. The van der Waals surface area contributed by atoms with Crippen molar-refractivity contribution in [3.63, 3.8) is 0 Å². The maximum atomic E-state index is 12.0. The number of hydrogen-bond donors (Lipinski definition) is 1. The third kappa shape index (κ3) is 4.23. The number of ether oxygens (including phenoxy) is 2. The fraction of sp³-hybridized carbons (Fsp3) is 0.267. The molecule has 1 N–H and O–H groups in total. The number of nitrogens with zero attached hydrogens (tertiary/aromatic N) is 1. The average Bonchev–Trinajstić information content (AvgIpc) is 2.74. The van der Waals surface area contributed by atoms with Gasteiger partial charge in [0.2, 0.25) is 0 Å². The van der Waals surface area contributed by atoms with Crippen LogP contribution in [0, 0.1) is 0 Å². The molecule has 1 saturated heterocycles. The first-order valence-electron chi connectivity index (χ1n) is 6.75. The van der Waals surface area contributed by atoms with E-state index < -0.39 is 12.6 Å². The summed E-state index contributed by atoms with van der Waals surface area (Å²) in [7, 11) is 1.63. The predicted octanol–water partition coefficient (Wildman–Crippen LogP) is 2.38. The molecule has 1 aromatic rings. The molecule has 8 heteroatoms. The molecule has 122 valence electrons. The number of carboxylic acids is 1. The molecule has 6 nitrogen and oxygen atoms in total. The Kier molecular flexibility index (Phi) is 5.62. The van der Waals surface area contributed by atoms with E-state index in [4.69, 9.17) is 26.8 Å². The maximum absolute atomic E-state index is 12.0. The van der Waals surface area contributed by atoms with Gasteiger partial charge in [0, 0.05) is 7.05 Å². The van der Waals surface area contributed by atoms with Crippen molar-refractivity contribution in [3.8, 4) is 11.5 Å². The van der Waals surface area contributed by atoms with Crippen LogP contribution in [0.3, 0.4) is 0 Å². The van der Waals surface area contributed by atoms with Gasteiger partial charge in [-0.15, -0.1) is 0 Å². The molecule has 0 bridgehead atoms. The van der Waals surface area contributed by atoms with Gasteiger partial charge in [0.1, 0.15) is 4.32 Å². The maximum Gasteiger partial charge on any atom is 0.341 e. The predicted molar refractivity (Wildman–Crippen MR) is 91.7 cm³/mol. The Morgan fingerprint density at radius 3 is 2.70 bits per heavy atom. The highest BCUT2D eigenvalue weighted by atomic mass is 32.2. The van der Waals surface area contributed by atoms with Gasteiger partial charge in [-0.25, -0.2) is 4.79 Å². The molecule has 1 aromatic carbocycles. The van der Waals surface area contributed by atoms with E-state index in [9.17, 15) is 9.59 Å². The zero-order valence-corrected chi connectivity index (χ0v) is 14.2. The number of benzene rings is 1. The molecule has 0 aromatic heterocycles. The van der Waals surface area contributed by atoms with Crippen LogP contribution in [0.2, 0.25) is 0 Å². The molecule has 2 rings (SSSR count). The van der Waals surface area contributed by atoms with E-state index >= 15 is 0 Å². The van der Waals surface area contributed by atoms with Crippen LogP contribution in [0.15, 0.2) is 23.1 Å². The Bertz CT molecular complexity index is 686. The Balaban J connectivity index is 2.27. The fourth-order valence-electron chi connectivity index (χ4n) is 1.84. The van der Waals surface area contributed by atoms with Crippen molar-refractivity contribution in [2.75, 3.05) is 20.3 Å². The normalized spacial score (nSPS) is 16.1. The fourth-order valence-corrected chi connectivity index (χ4v) is 3.02. The number of thiocarbonyl (C=S) groups is 1. The second-order valence-corrected chi connectivity index (χ2v) is 6.24. The van der Waals surface area contributed by atoms with E-state index in [0.717, 1.165) is 5.56 Å². The molecule has 0 unspecified atom stereocenters. The van der Waals surface area contributed by atoms with Crippen LogP contribution in [0.5, 0.6) is 11.5 Å². The molecule has 1 heterocycles. The quantitative estimate of drug-likeness (QED) is 0.621. The van der Waals surface area contributed by atoms with E-state index in [1.165, 1.54) is 16.7 Å². The number of likely N-dealkylation sites (N-methyl/N-ethyl adjacent to an activating group) is 1. The van der Waals surface area contributed by atoms with Crippen LogP contribution in [0.1, 0.15) is 12.5 Å². The molecule has 0 saturated carbocycles. The summed E-state index contributed by atoms with van der Waals surface area (Å²) < 4.78 is 11.2. The summed E-state index contributed by atoms with van der Waals surface area (Å²) in [6, 6.07) is 5.04. The van der Waals surface area contributed by atoms with Gasteiger partial charge in [-0.05, 0) is 30.7 Å². The van der Waals surface area contributed by atoms with Crippen LogP contribution in [-0.4, -0.2) is 46.5 Å². The molecular weight excluding hydrogens is 338 g/mol. The van der Waals surface area contributed by atoms with Crippen molar-refractivity contribution in [1.82, 2.24) is 4.90 Å². The minimum absolute atomic E-state index is 0.149. The molecule has 0 radical (unpaired) electrons. The third-order valence-corrected chi connectivity index (χ3v) is 4.39. The summed E-state index contributed by atoms with van der Waals surface area (Å²) in [5.74, 6) is -0.448. The highest BCUT2D eigenvalue weighted by molar-refractivity contribution is 8.26. The number of carboxylic acid groups (broad SMARTS) is 1. The molecule has 1 aliphatic rings. The van der Waals surface area contributed by atoms with Crippen molar-refractivity contribution in [3.05, 3.63) is 28.7 Å². The van der Waals surface area contributed by atoms with Crippen LogP contribution in [0.4, 0.5) is 0 Å². The summed E-state index contributed by atoms with van der Waals surface area (Å²) in [5.41, 5.74) is 0.741. The van der Waals surface area contributed by atoms with Crippen molar-refractivity contribution in [2.24, 2.45) is 0 Å². The lowest BCUT2D eigenvalue weighted by Crippen LogP contribution is -2.22. The van der Waals surface area contributed by atoms with Crippen LogP contribution in [-0.2, 0) is 9.59 Å². The van der Waals surface area contributed by atoms with Crippen LogP contribution < -0.4 is 9.47 Å². The highest BCUT2D eigenvalue weighted by Crippen LogP contribution is 2.34. The number of carbonyl (C=O) groups is 2. The lowest BCUT2D eigenvalue weighted by molar-refractivity contribution is -0.139. The summed E-state index contributed by atoms with van der Waals surface area (Å²) in [5, 5.41) is 8.69. The molecule has 1 aliphatic heterocycles. The largest absolute Gasteiger partial charge is 0.490 e. The standard InChI is InChI=1S/C15H15NO5S2/c1-3-20-11-6-9(4-5-10(11)21-8-13(17)18)7-12-14(19)16(2)15(22)23-12/h4-7H,3,8H2,1-2H3,(H,17,18)/b12-7+. The number of amides is 1. The van der Waals surface area contributed by atoms with Gasteiger partial charge in [-0.1, -0.05) is 30.0 Å². The summed E-state index contributed by atoms with van der Waals surface area (Å²) in [4.78, 5) is 24.6. The monoisotopic (exact) mass is 353 g/mol. The Morgan fingerprint density at radius 2 is 2.13 bits per heavy atom. The highest BCUT2D eigenvalue weighted by Gasteiger charge is 2.28. The van der Waals surface area contributed by atoms with E-state index in [0.29, 0.717) is 27.3 Å². The molecule has 0 aliphatic carbocycles. The first-order valence-corrected chi connectivity index (χ1v) is 7.98. The van der Waals surface area contributed by atoms with E-state index in [2.05, 4.69) is 0 Å². The van der Waals surface area contributed by atoms with Crippen molar-refractivity contribution in [1.29, 1.82) is 0 Å². The second-order valence-electron chi connectivity index (χ2n) is 4.56. The molecule has 1 fully saturated rings. The Hall–Kier alpha value is -2.06. The lowest BCUT2D eigenvalue weighted by atomic mass is 10.2. The zero-order chi connectivity index (χ0) is 17.0. The SMILES string of the molecule is CCOc1cc(/C=C2/SC(=S)N(C)C2=O)ccc1OCC(=O)O. The second kappa shape index (κ2) is 7.47. The molecule has 1 amide bonds. The Morgan fingerprint density at radius 1 is 1.39 bits per heavy atom. The summed E-state index contributed by atoms with van der Waals surface area (Å²) >= 11 is 6.32. The molecular formula is C15H15NO5S2. The number of rotatable bonds is 6. The first-order chi connectivity index (χ1) is 10.9. The zero-order valence-electron chi connectivity index (χ0n) is 12.6. The number of thioether (sulfide) groups is 1. The molecule has 0 atom stereocenters. The first kappa shape index (κ1) is 17.3. The van der Waals surface area contributed by atoms with E-state index in [1.54, 1.807) is 31.3 Å². The van der Waals surface area contributed by atoms with Crippen molar-refractivity contribution in [2.45, 2.75) is 6.92 Å². The van der Waals surface area contributed by atoms with Gasteiger partial charge < -0.3 is 14.6 Å². The van der Waals surface area contributed by atoms with Crippen LogP contribution >= 0.6 is 24.0 Å². The Labute approximate surface area is 143 Å². The molecule has 23 heavy (non-hydrogen) atoms. The van der Waals surface area contributed by atoms with Gasteiger partial charge in [-0.3, -0.25) is 9.69 Å². The minimum atomic E-state index is -1.07. The van der Waals surface area contributed by atoms with Crippen molar-refractivity contribution < 1.29 is 24.2 Å². The number of hydrogen-bond acceptors (Lipinski definition) is 6. The van der Waals surface area contributed by atoms with Gasteiger partial charge >= 0.3 is 5.97 Å². The van der Waals surface area contributed by atoms with Crippen molar-refractivity contribution >= 4 is 46.3 Å². The van der Waals surface area contributed by atoms with Crippen LogP contribution in [0.25, 0.3) is 6.08 Å². The van der Waals surface area contributed by atoms with Gasteiger partial charge in [0.15, 0.2) is 18.1 Å². The van der Waals surface area contributed by atoms with Gasteiger partial charge in [0.25, 0.3) is 5.91 Å². The van der Waals surface area contributed by atoms with E-state index in [1.807, 2.05) is 6.92 Å². The van der Waals surface area contributed by atoms with Gasteiger partial charge in [0.05, 0.1) is 11.5 Å². The number of aliphatic carboxylic acids is 1. The number of carbonyl (C=O) groups excluding carboxylic acids is 1. The lowest BCUT2D eigenvalue weighted by Gasteiger charge is -2.11. The average molecular weight is 353 g/mol.